The number of hydrogen-bond acceptors (Lipinski definition) is 3. The minimum atomic E-state index is -1.13. The molecule has 0 radical (unpaired) electrons. The van der Waals surface area contributed by atoms with Crippen LogP contribution < -0.4 is 5.73 Å². The highest BCUT2D eigenvalue weighted by Gasteiger charge is 2.81. The summed E-state index contributed by atoms with van der Waals surface area (Å²) in [6.45, 7) is 1.89. The van der Waals surface area contributed by atoms with Crippen LogP contribution in [0, 0.1) is 34.4 Å². The van der Waals surface area contributed by atoms with E-state index in [9.17, 15) is 19.6 Å². The molecule has 2 aliphatic rings. The lowest BCUT2D eigenvalue weighted by Gasteiger charge is -2.29. The van der Waals surface area contributed by atoms with E-state index in [1.807, 2.05) is 6.92 Å². The van der Waals surface area contributed by atoms with E-state index in [-0.39, 0.29) is 17.7 Å². The number of benzene rings is 1. The van der Waals surface area contributed by atoms with Crippen molar-refractivity contribution in [2.75, 3.05) is 0 Å². The molecule has 5 atom stereocenters. The Morgan fingerprint density at radius 2 is 2.14 bits per heavy atom. The normalized spacial score (nSPS) is 40.4. The Kier molecular flexibility index (Phi) is 2.86. The number of carboxylic acid groups (broad SMARTS) is 1. The van der Waals surface area contributed by atoms with Crippen LogP contribution in [0.15, 0.2) is 24.3 Å². The highest BCUT2D eigenvalue weighted by Crippen LogP contribution is 2.77. The fourth-order valence-electron chi connectivity index (χ4n) is 4.63. The van der Waals surface area contributed by atoms with E-state index in [0.717, 1.165) is 5.56 Å². The Labute approximate surface area is 122 Å². The van der Waals surface area contributed by atoms with E-state index in [1.54, 1.807) is 12.1 Å². The number of nitriles is 1. The summed E-state index contributed by atoms with van der Waals surface area (Å²) in [6.07, 6.45) is 0.994. The maximum absolute atomic E-state index is 13.1. The number of carbonyl (C=O) groups is 1. The van der Waals surface area contributed by atoms with Gasteiger partial charge >= 0.3 is 5.97 Å². The first-order valence-corrected chi connectivity index (χ1v) is 7.09. The van der Waals surface area contributed by atoms with Gasteiger partial charge in [-0.2, -0.15) is 5.26 Å². The zero-order valence-electron chi connectivity index (χ0n) is 11.7. The third-order valence-electron chi connectivity index (χ3n) is 5.55. The second-order valence-corrected chi connectivity index (χ2v) is 6.18. The molecule has 0 heterocycles. The fourth-order valence-corrected chi connectivity index (χ4v) is 4.63. The molecule has 5 heteroatoms. The zero-order chi connectivity index (χ0) is 15.4. The molecule has 0 amide bonds. The molecule has 1 aromatic carbocycles. The minimum absolute atomic E-state index is 0.101. The first-order valence-electron chi connectivity index (χ1n) is 7.09. The molecule has 3 rings (SSSR count). The monoisotopic (exact) mass is 288 g/mol. The van der Waals surface area contributed by atoms with E-state index in [2.05, 4.69) is 6.07 Å². The second kappa shape index (κ2) is 4.28. The molecule has 5 unspecified atom stereocenters. The van der Waals surface area contributed by atoms with Crippen molar-refractivity contribution in [3.05, 3.63) is 35.6 Å². The Morgan fingerprint density at radius 1 is 1.52 bits per heavy atom. The smallest absolute Gasteiger partial charge is 0.307 e. The summed E-state index contributed by atoms with van der Waals surface area (Å²) in [6, 6.07) is 8.22. The third kappa shape index (κ3) is 1.60. The van der Waals surface area contributed by atoms with Gasteiger partial charge in [0.15, 0.2) is 0 Å². The summed E-state index contributed by atoms with van der Waals surface area (Å²) < 4.78 is 13.1. The summed E-state index contributed by atoms with van der Waals surface area (Å²) >= 11 is 0. The summed E-state index contributed by atoms with van der Waals surface area (Å²) in [5.41, 5.74) is 5.35. The molecule has 4 nitrogen and oxygen atoms in total. The van der Waals surface area contributed by atoms with Gasteiger partial charge in [-0.3, -0.25) is 4.79 Å². The third-order valence-corrected chi connectivity index (χ3v) is 5.55. The number of rotatable bonds is 3. The fraction of sp³-hybridized carbons (Fsp3) is 0.500. The van der Waals surface area contributed by atoms with E-state index < -0.39 is 22.8 Å². The minimum Gasteiger partial charge on any atom is -0.481 e. The van der Waals surface area contributed by atoms with Crippen molar-refractivity contribution in [3.8, 4) is 6.07 Å². The number of hydrogen-bond donors (Lipinski definition) is 2. The van der Waals surface area contributed by atoms with Crippen LogP contribution in [0.3, 0.4) is 0 Å². The molecule has 0 aromatic heterocycles. The van der Waals surface area contributed by atoms with Crippen LogP contribution >= 0.6 is 0 Å². The van der Waals surface area contributed by atoms with E-state index in [4.69, 9.17) is 5.73 Å². The first kappa shape index (κ1) is 14.0. The Morgan fingerprint density at radius 3 is 2.62 bits per heavy atom. The van der Waals surface area contributed by atoms with Gasteiger partial charge in [-0.25, -0.2) is 4.39 Å². The Bertz CT molecular complexity index is 639. The summed E-state index contributed by atoms with van der Waals surface area (Å²) in [5.74, 6) is -2.05. The number of carboxylic acids is 1. The molecule has 0 spiro atoms. The maximum atomic E-state index is 13.1. The van der Waals surface area contributed by atoms with E-state index >= 15 is 0 Å². The van der Waals surface area contributed by atoms with Gasteiger partial charge in [-0.05, 0) is 42.4 Å². The maximum Gasteiger partial charge on any atom is 0.307 e. The highest BCUT2D eigenvalue weighted by molar-refractivity contribution is 5.78. The van der Waals surface area contributed by atoms with Crippen molar-refractivity contribution >= 4 is 5.97 Å². The van der Waals surface area contributed by atoms with Crippen molar-refractivity contribution in [2.24, 2.45) is 23.0 Å². The lowest BCUT2D eigenvalue weighted by atomic mass is 9.78. The highest BCUT2D eigenvalue weighted by atomic mass is 19.1. The van der Waals surface area contributed by atoms with Crippen LogP contribution in [0.25, 0.3) is 0 Å². The van der Waals surface area contributed by atoms with E-state index in [0.29, 0.717) is 12.8 Å². The van der Waals surface area contributed by atoms with Gasteiger partial charge in [-0.15, -0.1) is 0 Å². The van der Waals surface area contributed by atoms with Gasteiger partial charge in [0.1, 0.15) is 11.4 Å². The molecule has 21 heavy (non-hydrogen) atoms. The number of aliphatic carboxylic acids is 1. The molecule has 0 aliphatic heterocycles. The largest absolute Gasteiger partial charge is 0.481 e. The quantitative estimate of drug-likeness (QED) is 0.893. The molecule has 0 bridgehead atoms. The van der Waals surface area contributed by atoms with Gasteiger partial charge in [0.2, 0.25) is 0 Å². The molecule has 3 N–H and O–H groups in total. The number of nitrogens with zero attached hydrogens (tertiary/aromatic N) is 1. The Hall–Kier alpha value is -1.93. The summed E-state index contributed by atoms with van der Waals surface area (Å²) in [5, 5.41) is 19.0. The van der Waals surface area contributed by atoms with Crippen LogP contribution in [0.4, 0.5) is 4.39 Å². The predicted molar refractivity (Wildman–Crippen MR) is 73.6 cm³/mol. The van der Waals surface area contributed by atoms with Gasteiger partial charge in [0.25, 0.3) is 0 Å². The van der Waals surface area contributed by atoms with Crippen molar-refractivity contribution in [2.45, 2.75) is 31.2 Å². The summed E-state index contributed by atoms with van der Waals surface area (Å²) in [4.78, 5) is 11.5. The molecule has 2 fully saturated rings. The molecule has 0 saturated heterocycles. The molecule has 1 aromatic rings. The average molecular weight is 288 g/mol. The van der Waals surface area contributed by atoms with Crippen molar-refractivity contribution in [3.63, 3.8) is 0 Å². The number of halogens is 1. The SMILES string of the molecule is CCC12C(C(=O)O)C1C(c1ccc(F)cc1)CC2(N)C#N. The van der Waals surface area contributed by atoms with Crippen LogP contribution in [0.1, 0.15) is 31.2 Å². The molecular formula is C16H17FN2O2. The predicted octanol–water partition coefficient (Wildman–Crippen LogP) is 2.26. The molecule has 110 valence electrons. The lowest BCUT2D eigenvalue weighted by Crippen LogP contribution is -2.47. The lowest BCUT2D eigenvalue weighted by molar-refractivity contribution is -0.140. The topological polar surface area (TPSA) is 87.1 Å². The van der Waals surface area contributed by atoms with Gasteiger partial charge in [0, 0.05) is 5.41 Å². The number of fused-ring (bicyclic) bond motifs is 1. The van der Waals surface area contributed by atoms with Crippen LogP contribution in [0.5, 0.6) is 0 Å². The number of nitrogens with two attached hydrogens (primary N) is 1. The van der Waals surface area contributed by atoms with Crippen molar-refractivity contribution < 1.29 is 14.3 Å². The van der Waals surface area contributed by atoms with Gasteiger partial charge in [0.05, 0.1) is 12.0 Å². The molecule has 2 saturated carbocycles. The average Bonchev–Trinajstić information content (AvgIpc) is 3.10. The van der Waals surface area contributed by atoms with Crippen LogP contribution in [0.2, 0.25) is 0 Å². The van der Waals surface area contributed by atoms with Gasteiger partial charge < -0.3 is 10.8 Å². The Balaban J connectivity index is 2.05. The molecular weight excluding hydrogens is 271 g/mol. The van der Waals surface area contributed by atoms with Crippen LogP contribution in [-0.4, -0.2) is 16.6 Å². The van der Waals surface area contributed by atoms with E-state index in [1.165, 1.54) is 12.1 Å². The molecule has 2 aliphatic carbocycles. The van der Waals surface area contributed by atoms with Crippen molar-refractivity contribution in [1.29, 1.82) is 5.26 Å². The summed E-state index contributed by atoms with van der Waals surface area (Å²) in [7, 11) is 0. The second-order valence-electron chi connectivity index (χ2n) is 6.18. The standard InChI is InChI=1S/C16H17FN2O2/c1-2-16-12(13(16)14(20)21)11(7-15(16,19)8-18)9-3-5-10(17)6-4-9/h3-6,11-13H,2,7,19H2,1H3,(H,20,21). The van der Waals surface area contributed by atoms with Crippen molar-refractivity contribution in [1.82, 2.24) is 0 Å². The van der Waals surface area contributed by atoms with Gasteiger partial charge in [-0.1, -0.05) is 19.1 Å². The van der Waals surface area contributed by atoms with Crippen LogP contribution in [-0.2, 0) is 4.79 Å². The zero-order valence-corrected chi connectivity index (χ0v) is 11.7. The first-order chi connectivity index (χ1) is 9.91.